The summed E-state index contributed by atoms with van der Waals surface area (Å²) in [5.74, 6) is -1.41. The van der Waals surface area contributed by atoms with Crippen LogP contribution >= 0.6 is 0 Å². The summed E-state index contributed by atoms with van der Waals surface area (Å²) in [4.78, 5) is 37.6. The molecule has 1 fully saturated rings. The zero-order valence-corrected chi connectivity index (χ0v) is 14.2. The van der Waals surface area contributed by atoms with E-state index in [9.17, 15) is 14.4 Å². The average Bonchev–Trinajstić information content (AvgIpc) is 2.97. The maximum absolute atomic E-state index is 12.3. The zero-order chi connectivity index (χ0) is 18.0. The van der Waals surface area contributed by atoms with Gasteiger partial charge in [-0.1, -0.05) is 5.16 Å². The van der Waals surface area contributed by atoms with Crippen molar-refractivity contribution in [3.05, 3.63) is 29.5 Å². The molecule has 0 saturated carbocycles. The molecule has 3 amide bonds. The number of piperidine rings is 1. The molecule has 25 heavy (non-hydrogen) atoms. The largest absolute Gasteiger partial charge is 0.356 e. The quantitative estimate of drug-likeness (QED) is 0.771. The van der Waals surface area contributed by atoms with Crippen molar-refractivity contribution in [3.63, 3.8) is 0 Å². The van der Waals surface area contributed by atoms with E-state index in [1.807, 2.05) is 19.0 Å². The molecule has 8 heteroatoms. The topological polar surface area (TPSA) is 105 Å². The maximum Gasteiger partial charge on any atom is 0.251 e. The highest BCUT2D eigenvalue weighted by Crippen LogP contribution is 2.30. The van der Waals surface area contributed by atoms with Crippen molar-refractivity contribution in [2.45, 2.75) is 18.8 Å². The molecule has 2 heterocycles. The molecule has 1 atom stereocenters. The first-order valence-corrected chi connectivity index (χ1v) is 8.11. The van der Waals surface area contributed by atoms with Gasteiger partial charge in [-0.2, -0.15) is 0 Å². The Kier molecular flexibility index (Phi) is 4.80. The lowest BCUT2D eigenvalue weighted by Gasteiger charge is -2.18. The molecule has 8 nitrogen and oxygen atoms in total. The number of carbonyl (C=O) groups excluding carboxylic acids is 3. The Morgan fingerprint density at radius 2 is 2.20 bits per heavy atom. The summed E-state index contributed by atoms with van der Waals surface area (Å²) in [6.07, 6.45) is 0.640. The standard InChI is InChI=1S/C17H20N4O4/c1-21(2)8-7-18-16(23)10-3-5-13-12(9-10)15(20-25-13)11-4-6-14(22)19-17(11)24/h3,5,9,11H,4,6-8H2,1-2H3,(H,18,23)(H,19,22,24). The van der Waals surface area contributed by atoms with Gasteiger partial charge in [0.2, 0.25) is 11.8 Å². The minimum atomic E-state index is -0.550. The summed E-state index contributed by atoms with van der Waals surface area (Å²) >= 11 is 0. The number of nitrogens with one attached hydrogen (secondary N) is 2. The fourth-order valence-electron chi connectivity index (χ4n) is 2.80. The van der Waals surface area contributed by atoms with Crippen LogP contribution < -0.4 is 10.6 Å². The fraction of sp³-hybridized carbons (Fsp3) is 0.412. The van der Waals surface area contributed by atoms with Gasteiger partial charge in [-0.3, -0.25) is 19.7 Å². The highest BCUT2D eigenvalue weighted by molar-refractivity contribution is 6.03. The van der Waals surface area contributed by atoms with Crippen molar-refractivity contribution in [2.24, 2.45) is 0 Å². The molecule has 1 aromatic heterocycles. The van der Waals surface area contributed by atoms with E-state index < -0.39 is 5.92 Å². The minimum Gasteiger partial charge on any atom is -0.356 e. The SMILES string of the molecule is CN(C)CCNC(=O)c1ccc2onc(C3CCC(=O)NC3=O)c2c1. The Labute approximate surface area is 144 Å². The van der Waals surface area contributed by atoms with Gasteiger partial charge in [0.25, 0.3) is 5.91 Å². The van der Waals surface area contributed by atoms with Crippen molar-refractivity contribution in [1.29, 1.82) is 0 Å². The number of nitrogens with zero attached hydrogens (tertiary/aromatic N) is 2. The fourth-order valence-corrected chi connectivity index (χ4v) is 2.80. The summed E-state index contributed by atoms with van der Waals surface area (Å²) in [6, 6.07) is 5.00. The number of rotatable bonds is 5. The highest BCUT2D eigenvalue weighted by atomic mass is 16.5. The normalized spacial score (nSPS) is 17.8. The lowest BCUT2D eigenvalue weighted by molar-refractivity contribution is -0.134. The van der Waals surface area contributed by atoms with Crippen LogP contribution in [0.4, 0.5) is 0 Å². The van der Waals surface area contributed by atoms with Gasteiger partial charge in [-0.15, -0.1) is 0 Å². The third kappa shape index (κ3) is 3.69. The zero-order valence-electron chi connectivity index (χ0n) is 14.2. The second-order valence-corrected chi connectivity index (χ2v) is 6.34. The van der Waals surface area contributed by atoms with Crippen molar-refractivity contribution < 1.29 is 18.9 Å². The molecule has 3 rings (SSSR count). The number of aromatic nitrogens is 1. The molecule has 1 unspecified atom stereocenters. The van der Waals surface area contributed by atoms with Gasteiger partial charge in [-0.25, -0.2) is 0 Å². The predicted octanol–water partition coefficient (Wildman–Crippen LogP) is 0.639. The lowest BCUT2D eigenvalue weighted by atomic mass is 9.92. The Hall–Kier alpha value is -2.74. The average molecular weight is 344 g/mol. The number of imide groups is 1. The molecule has 132 valence electrons. The Balaban J connectivity index is 1.83. The van der Waals surface area contributed by atoms with E-state index >= 15 is 0 Å². The van der Waals surface area contributed by atoms with Gasteiger partial charge < -0.3 is 14.7 Å². The Bertz CT molecular complexity index is 827. The van der Waals surface area contributed by atoms with Gasteiger partial charge in [0, 0.05) is 30.5 Å². The number of hydrogen-bond acceptors (Lipinski definition) is 6. The molecule has 2 aromatic rings. The smallest absolute Gasteiger partial charge is 0.251 e. The van der Waals surface area contributed by atoms with Crippen LogP contribution in [0.1, 0.15) is 34.8 Å². The highest BCUT2D eigenvalue weighted by Gasteiger charge is 2.32. The van der Waals surface area contributed by atoms with Gasteiger partial charge in [0.15, 0.2) is 5.58 Å². The van der Waals surface area contributed by atoms with Crippen LogP contribution in [-0.4, -0.2) is 55.0 Å². The number of likely N-dealkylation sites (N-methyl/N-ethyl adjacent to an activating group) is 1. The molecule has 1 aliphatic heterocycles. The van der Waals surface area contributed by atoms with Crippen LogP contribution in [0.5, 0.6) is 0 Å². The molecule has 0 aliphatic carbocycles. The molecule has 0 bridgehead atoms. The monoisotopic (exact) mass is 344 g/mol. The molecule has 1 aliphatic rings. The molecule has 2 N–H and O–H groups in total. The van der Waals surface area contributed by atoms with E-state index in [-0.39, 0.29) is 24.1 Å². The lowest BCUT2D eigenvalue weighted by Crippen LogP contribution is -2.39. The molecule has 1 saturated heterocycles. The van der Waals surface area contributed by atoms with Gasteiger partial charge >= 0.3 is 0 Å². The first kappa shape index (κ1) is 17.1. The summed E-state index contributed by atoms with van der Waals surface area (Å²) < 4.78 is 5.27. The predicted molar refractivity (Wildman–Crippen MR) is 90.0 cm³/mol. The van der Waals surface area contributed by atoms with E-state index in [0.717, 1.165) is 6.54 Å². The molecule has 0 radical (unpaired) electrons. The van der Waals surface area contributed by atoms with Gasteiger partial charge in [0.1, 0.15) is 5.69 Å². The second kappa shape index (κ2) is 7.02. The summed E-state index contributed by atoms with van der Waals surface area (Å²) in [7, 11) is 3.86. The van der Waals surface area contributed by atoms with E-state index in [1.54, 1.807) is 18.2 Å². The Morgan fingerprint density at radius 3 is 2.92 bits per heavy atom. The van der Waals surface area contributed by atoms with Crippen molar-refractivity contribution in [2.75, 3.05) is 27.2 Å². The number of hydrogen-bond donors (Lipinski definition) is 2. The molecular weight excluding hydrogens is 324 g/mol. The van der Waals surface area contributed by atoms with Crippen molar-refractivity contribution in [3.8, 4) is 0 Å². The van der Waals surface area contributed by atoms with E-state index in [0.29, 0.717) is 35.2 Å². The van der Waals surface area contributed by atoms with Crippen LogP contribution in [0.3, 0.4) is 0 Å². The van der Waals surface area contributed by atoms with Gasteiger partial charge in [0.05, 0.1) is 5.92 Å². The summed E-state index contributed by atoms with van der Waals surface area (Å²) in [5.41, 5.74) is 1.44. The summed E-state index contributed by atoms with van der Waals surface area (Å²) in [5, 5.41) is 9.77. The second-order valence-electron chi connectivity index (χ2n) is 6.34. The van der Waals surface area contributed by atoms with Crippen LogP contribution in [0, 0.1) is 0 Å². The number of amides is 3. The van der Waals surface area contributed by atoms with Crippen LogP contribution in [0.15, 0.2) is 22.7 Å². The first-order valence-electron chi connectivity index (χ1n) is 8.11. The number of fused-ring (bicyclic) bond motifs is 1. The molecule has 1 aromatic carbocycles. The number of carbonyl (C=O) groups is 3. The molecule has 0 spiro atoms. The van der Waals surface area contributed by atoms with Crippen LogP contribution in [0.25, 0.3) is 11.0 Å². The third-order valence-corrected chi connectivity index (χ3v) is 4.17. The third-order valence-electron chi connectivity index (χ3n) is 4.17. The van der Waals surface area contributed by atoms with Crippen molar-refractivity contribution in [1.82, 2.24) is 20.7 Å². The van der Waals surface area contributed by atoms with Crippen LogP contribution in [-0.2, 0) is 9.59 Å². The number of benzene rings is 1. The van der Waals surface area contributed by atoms with Crippen LogP contribution in [0.2, 0.25) is 0 Å². The van der Waals surface area contributed by atoms with Gasteiger partial charge in [-0.05, 0) is 38.7 Å². The van der Waals surface area contributed by atoms with E-state index in [2.05, 4.69) is 15.8 Å². The maximum atomic E-state index is 12.3. The minimum absolute atomic E-state index is 0.195. The first-order chi connectivity index (χ1) is 12.0. The Morgan fingerprint density at radius 1 is 1.40 bits per heavy atom. The van der Waals surface area contributed by atoms with E-state index in [4.69, 9.17) is 4.52 Å². The van der Waals surface area contributed by atoms with Crippen molar-refractivity contribution >= 4 is 28.7 Å². The summed E-state index contributed by atoms with van der Waals surface area (Å²) in [6.45, 7) is 1.27. The molecular formula is C17H20N4O4. The van der Waals surface area contributed by atoms with E-state index in [1.165, 1.54) is 0 Å².